The van der Waals surface area contributed by atoms with Gasteiger partial charge in [0.1, 0.15) is 0 Å². The molecule has 1 amide bonds. The largest absolute Gasteiger partial charge is 0.325 e. The van der Waals surface area contributed by atoms with Crippen LogP contribution in [0.1, 0.15) is 31.9 Å². The van der Waals surface area contributed by atoms with Crippen LogP contribution < -0.4 is 5.32 Å². The van der Waals surface area contributed by atoms with Gasteiger partial charge in [-0.25, -0.2) is 4.68 Å². The van der Waals surface area contributed by atoms with Gasteiger partial charge in [0.15, 0.2) is 0 Å². The molecule has 0 aliphatic carbocycles. The van der Waals surface area contributed by atoms with Crippen LogP contribution in [0.25, 0.3) is 0 Å². The number of benzene rings is 1. The van der Waals surface area contributed by atoms with Crippen LogP contribution in [0, 0.1) is 19.8 Å². The number of nitrogens with zero attached hydrogens (tertiary/aromatic N) is 4. The molecule has 0 saturated carbocycles. The van der Waals surface area contributed by atoms with Crippen LogP contribution in [0.2, 0.25) is 0 Å². The number of para-hydroxylation sites is 1. The van der Waals surface area contributed by atoms with Crippen LogP contribution in [-0.2, 0) is 11.3 Å². The third kappa shape index (κ3) is 4.54. The van der Waals surface area contributed by atoms with E-state index in [2.05, 4.69) is 34.7 Å². The Bertz CT molecular complexity index is 663. The Morgan fingerprint density at radius 3 is 2.52 bits per heavy atom. The lowest BCUT2D eigenvalue weighted by Gasteiger charge is -2.15. The third-order valence-electron chi connectivity index (χ3n) is 3.42. The van der Waals surface area contributed by atoms with Crippen LogP contribution in [0.3, 0.4) is 0 Å². The van der Waals surface area contributed by atoms with Crippen molar-refractivity contribution in [2.75, 3.05) is 5.32 Å². The van der Waals surface area contributed by atoms with Crippen LogP contribution >= 0.6 is 11.8 Å². The van der Waals surface area contributed by atoms with Crippen molar-refractivity contribution in [2.45, 2.75) is 51.6 Å². The van der Waals surface area contributed by atoms with Gasteiger partial charge in [-0.2, -0.15) is 0 Å². The van der Waals surface area contributed by atoms with E-state index in [9.17, 15) is 4.79 Å². The van der Waals surface area contributed by atoms with Crippen molar-refractivity contribution >= 4 is 23.4 Å². The van der Waals surface area contributed by atoms with Crippen LogP contribution in [-0.4, -0.2) is 31.4 Å². The predicted octanol–water partition coefficient (Wildman–Crippen LogP) is 3.07. The summed E-state index contributed by atoms with van der Waals surface area (Å²) in [5.74, 6) is 0.392. The maximum atomic E-state index is 12.5. The van der Waals surface area contributed by atoms with Gasteiger partial charge in [-0.3, -0.25) is 4.79 Å². The summed E-state index contributed by atoms with van der Waals surface area (Å²) in [7, 11) is 0. The highest BCUT2D eigenvalue weighted by atomic mass is 32.2. The minimum atomic E-state index is -0.286. The summed E-state index contributed by atoms with van der Waals surface area (Å²) in [5.41, 5.74) is 2.99. The number of carbonyl (C=O) groups is 1. The van der Waals surface area contributed by atoms with Gasteiger partial charge >= 0.3 is 0 Å². The molecule has 0 saturated heterocycles. The number of hydrogen-bond donors (Lipinski definition) is 1. The van der Waals surface area contributed by atoms with E-state index in [0.29, 0.717) is 11.1 Å². The maximum absolute atomic E-state index is 12.5. The first kappa shape index (κ1) is 17.5. The number of carbonyl (C=O) groups excluding carboxylic acids is 1. The van der Waals surface area contributed by atoms with E-state index in [1.165, 1.54) is 11.8 Å². The fourth-order valence-electron chi connectivity index (χ4n) is 2.19. The molecule has 1 aromatic heterocycles. The lowest BCUT2D eigenvalue weighted by molar-refractivity contribution is -0.115. The van der Waals surface area contributed by atoms with Gasteiger partial charge in [-0.1, -0.05) is 43.8 Å². The van der Waals surface area contributed by atoms with Gasteiger partial charge < -0.3 is 5.32 Å². The number of rotatable bonds is 6. The van der Waals surface area contributed by atoms with Gasteiger partial charge in [0, 0.05) is 12.2 Å². The molecule has 0 aliphatic heterocycles. The molecule has 1 heterocycles. The Hall–Kier alpha value is -1.89. The maximum Gasteiger partial charge on any atom is 0.237 e. The summed E-state index contributed by atoms with van der Waals surface area (Å²) in [6, 6.07) is 5.96. The van der Waals surface area contributed by atoms with Crippen molar-refractivity contribution in [1.29, 1.82) is 0 Å². The molecule has 1 atom stereocenters. The Balaban J connectivity index is 2.05. The van der Waals surface area contributed by atoms with Gasteiger partial charge in [0.2, 0.25) is 11.1 Å². The number of aromatic nitrogens is 4. The Morgan fingerprint density at radius 2 is 1.91 bits per heavy atom. The first-order chi connectivity index (χ1) is 10.9. The van der Waals surface area contributed by atoms with Crippen LogP contribution in [0.4, 0.5) is 5.69 Å². The minimum Gasteiger partial charge on any atom is -0.325 e. The molecule has 7 heteroatoms. The van der Waals surface area contributed by atoms with Gasteiger partial charge in [-0.15, -0.1) is 5.10 Å². The molecule has 0 radical (unpaired) electrons. The highest BCUT2D eigenvalue weighted by molar-refractivity contribution is 8.00. The summed E-state index contributed by atoms with van der Waals surface area (Å²) < 4.78 is 1.75. The molecule has 23 heavy (non-hydrogen) atoms. The molecule has 6 nitrogen and oxygen atoms in total. The van der Waals surface area contributed by atoms with Crippen molar-refractivity contribution in [3.63, 3.8) is 0 Å². The lowest BCUT2D eigenvalue weighted by atomic mass is 10.1. The number of hydrogen-bond acceptors (Lipinski definition) is 5. The van der Waals surface area contributed by atoms with Crippen LogP contribution in [0.15, 0.2) is 23.4 Å². The zero-order chi connectivity index (χ0) is 17.0. The third-order valence-corrected chi connectivity index (χ3v) is 4.49. The summed E-state index contributed by atoms with van der Waals surface area (Å²) in [6.07, 6.45) is 0. The zero-order valence-electron chi connectivity index (χ0n) is 14.2. The van der Waals surface area contributed by atoms with Gasteiger partial charge in [-0.05, 0) is 48.2 Å². The van der Waals surface area contributed by atoms with Crippen molar-refractivity contribution < 1.29 is 4.79 Å². The monoisotopic (exact) mass is 333 g/mol. The molecular formula is C16H23N5OS. The second-order valence-corrected chi connectivity index (χ2v) is 7.36. The van der Waals surface area contributed by atoms with E-state index in [1.54, 1.807) is 4.68 Å². The summed E-state index contributed by atoms with van der Waals surface area (Å²) >= 11 is 1.37. The molecule has 1 aromatic carbocycles. The molecule has 2 rings (SSSR count). The molecular weight excluding hydrogens is 310 g/mol. The molecule has 124 valence electrons. The Labute approximate surface area is 141 Å². The Morgan fingerprint density at radius 1 is 1.26 bits per heavy atom. The standard InChI is InChI=1S/C16H23N5OS/c1-10(2)9-21-16(18-19-20-21)23-13(5)15(22)17-14-11(3)7-6-8-12(14)4/h6-8,10,13H,9H2,1-5H3,(H,17,22). The number of nitrogens with one attached hydrogen (secondary N) is 1. The molecule has 1 N–H and O–H groups in total. The molecule has 0 bridgehead atoms. The number of thioether (sulfide) groups is 1. The Kier molecular flexibility index (Phi) is 5.76. The molecule has 0 spiro atoms. The number of tetrazole rings is 1. The normalized spacial score (nSPS) is 12.4. The number of anilines is 1. The van der Waals surface area contributed by atoms with E-state index >= 15 is 0 Å². The first-order valence-electron chi connectivity index (χ1n) is 7.68. The first-order valence-corrected chi connectivity index (χ1v) is 8.56. The van der Waals surface area contributed by atoms with E-state index in [0.717, 1.165) is 23.4 Å². The molecule has 0 aliphatic rings. The van der Waals surface area contributed by atoms with Crippen LogP contribution in [0.5, 0.6) is 0 Å². The van der Waals surface area contributed by atoms with E-state index in [4.69, 9.17) is 0 Å². The van der Waals surface area contributed by atoms with E-state index in [1.807, 2.05) is 39.0 Å². The highest BCUT2D eigenvalue weighted by Gasteiger charge is 2.20. The second-order valence-electron chi connectivity index (χ2n) is 6.05. The van der Waals surface area contributed by atoms with Gasteiger partial charge in [0.05, 0.1) is 5.25 Å². The van der Waals surface area contributed by atoms with Gasteiger partial charge in [0.25, 0.3) is 0 Å². The summed E-state index contributed by atoms with van der Waals surface area (Å²) in [6.45, 7) is 10.8. The number of amides is 1. The van der Waals surface area contributed by atoms with Crippen molar-refractivity contribution in [3.05, 3.63) is 29.3 Å². The minimum absolute atomic E-state index is 0.0495. The lowest BCUT2D eigenvalue weighted by Crippen LogP contribution is -2.24. The number of aryl methyl sites for hydroxylation is 2. The van der Waals surface area contributed by atoms with Crippen molar-refractivity contribution in [3.8, 4) is 0 Å². The predicted molar refractivity (Wildman–Crippen MR) is 92.5 cm³/mol. The fraction of sp³-hybridized carbons (Fsp3) is 0.500. The van der Waals surface area contributed by atoms with E-state index in [-0.39, 0.29) is 11.2 Å². The van der Waals surface area contributed by atoms with E-state index < -0.39 is 0 Å². The van der Waals surface area contributed by atoms with Crippen molar-refractivity contribution in [2.24, 2.45) is 5.92 Å². The fourth-order valence-corrected chi connectivity index (χ4v) is 2.99. The average molecular weight is 333 g/mol. The summed E-state index contributed by atoms with van der Waals surface area (Å²) in [4.78, 5) is 12.5. The smallest absolute Gasteiger partial charge is 0.237 e. The molecule has 0 fully saturated rings. The zero-order valence-corrected chi connectivity index (χ0v) is 15.0. The SMILES string of the molecule is Cc1cccc(C)c1NC(=O)C(C)Sc1nnnn1CC(C)C. The highest BCUT2D eigenvalue weighted by Crippen LogP contribution is 2.24. The van der Waals surface area contributed by atoms with Crippen molar-refractivity contribution in [1.82, 2.24) is 20.2 Å². The average Bonchev–Trinajstić information content (AvgIpc) is 2.89. The topological polar surface area (TPSA) is 72.7 Å². The molecule has 2 aromatic rings. The molecule has 1 unspecified atom stereocenters. The summed E-state index contributed by atoms with van der Waals surface area (Å²) in [5, 5.41) is 15.1. The quantitative estimate of drug-likeness (QED) is 0.823. The second kappa shape index (κ2) is 7.59.